The van der Waals surface area contributed by atoms with Crippen molar-refractivity contribution in [2.24, 2.45) is 0 Å². The topological polar surface area (TPSA) is 25.2 Å². The van der Waals surface area contributed by atoms with E-state index in [0.717, 1.165) is 0 Å². The Morgan fingerprint density at radius 3 is 2.22 bits per heavy atom. The maximum Gasteiger partial charge on any atom is 0.0772 e. The lowest BCUT2D eigenvalue weighted by Crippen LogP contribution is -2.15. The molecule has 1 heterocycles. The standard InChI is InChI=1S/C16H19NO/c1-16(2,18)11-10-15(17-12-6-7-13-17)14-8-4-3-5-9-14/h3-13,15,18H,1-2H3/b11-10+. The Kier molecular flexibility index (Phi) is 3.68. The summed E-state index contributed by atoms with van der Waals surface area (Å²) in [5, 5.41) is 9.81. The van der Waals surface area contributed by atoms with Crippen LogP contribution < -0.4 is 0 Å². The summed E-state index contributed by atoms with van der Waals surface area (Å²) in [7, 11) is 0. The number of aromatic nitrogens is 1. The van der Waals surface area contributed by atoms with Gasteiger partial charge in [0.2, 0.25) is 0 Å². The highest BCUT2D eigenvalue weighted by molar-refractivity contribution is 5.25. The molecule has 0 aliphatic rings. The Labute approximate surface area is 108 Å². The number of benzene rings is 1. The van der Waals surface area contributed by atoms with E-state index in [2.05, 4.69) is 16.7 Å². The third kappa shape index (κ3) is 3.34. The molecule has 0 aliphatic heterocycles. The summed E-state index contributed by atoms with van der Waals surface area (Å²) < 4.78 is 2.12. The molecule has 2 rings (SSSR count). The first-order chi connectivity index (χ1) is 8.56. The zero-order chi connectivity index (χ0) is 13.0. The van der Waals surface area contributed by atoms with Crippen molar-refractivity contribution in [1.82, 2.24) is 4.57 Å². The quantitative estimate of drug-likeness (QED) is 0.815. The summed E-state index contributed by atoms with van der Waals surface area (Å²) in [4.78, 5) is 0. The molecule has 18 heavy (non-hydrogen) atoms. The van der Waals surface area contributed by atoms with Crippen LogP contribution in [-0.2, 0) is 0 Å². The fourth-order valence-electron chi connectivity index (χ4n) is 1.89. The molecule has 2 nitrogen and oxygen atoms in total. The van der Waals surface area contributed by atoms with Gasteiger partial charge in [-0.15, -0.1) is 0 Å². The molecule has 1 atom stereocenters. The second kappa shape index (κ2) is 5.23. The van der Waals surface area contributed by atoms with Gasteiger partial charge in [0, 0.05) is 12.4 Å². The zero-order valence-corrected chi connectivity index (χ0v) is 10.8. The Morgan fingerprint density at radius 1 is 1.06 bits per heavy atom. The van der Waals surface area contributed by atoms with E-state index in [9.17, 15) is 5.11 Å². The van der Waals surface area contributed by atoms with Crippen molar-refractivity contribution in [3.63, 3.8) is 0 Å². The van der Waals surface area contributed by atoms with Crippen molar-refractivity contribution in [2.45, 2.75) is 25.5 Å². The average molecular weight is 241 g/mol. The van der Waals surface area contributed by atoms with Crippen LogP contribution >= 0.6 is 0 Å². The van der Waals surface area contributed by atoms with Gasteiger partial charge in [-0.2, -0.15) is 0 Å². The zero-order valence-electron chi connectivity index (χ0n) is 10.8. The normalized spacial score (nSPS) is 13.9. The maximum absolute atomic E-state index is 9.81. The van der Waals surface area contributed by atoms with Crippen molar-refractivity contribution in [1.29, 1.82) is 0 Å². The predicted octanol–water partition coefficient (Wildman–Crippen LogP) is 3.40. The molecular formula is C16H19NO. The van der Waals surface area contributed by atoms with Crippen LogP contribution in [0.4, 0.5) is 0 Å². The van der Waals surface area contributed by atoms with Crippen molar-refractivity contribution < 1.29 is 5.11 Å². The maximum atomic E-state index is 9.81. The lowest BCUT2D eigenvalue weighted by molar-refractivity contribution is 0.132. The molecular weight excluding hydrogens is 222 g/mol. The molecule has 1 aromatic carbocycles. The van der Waals surface area contributed by atoms with Gasteiger partial charge in [-0.1, -0.05) is 42.5 Å². The molecule has 94 valence electrons. The fraction of sp³-hybridized carbons (Fsp3) is 0.250. The molecule has 0 saturated carbocycles. The molecule has 2 heteroatoms. The second-order valence-corrected chi connectivity index (χ2v) is 5.00. The summed E-state index contributed by atoms with van der Waals surface area (Å²) in [6.07, 6.45) is 7.94. The van der Waals surface area contributed by atoms with Gasteiger partial charge < -0.3 is 9.67 Å². The third-order valence-electron chi connectivity index (χ3n) is 2.78. The molecule has 0 saturated heterocycles. The van der Waals surface area contributed by atoms with E-state index in [0.29, 0.717) is 0 Å². The Hall–Kier alpha value is -1.80. The van der Waals surface area contributed by atoms with Crippen LogP contribution in [0.5, 0.6) is 0 Å². The van der Waals surface area contributed by atoms with Gasteiger partial charge in [-0.3, -0.25) is 0 Å². The SMILES string of the molecule is CC(C)(O)/C=C/C(c1ccccc1)n1cccc1. The van der Waals surface area contributed by atoms with E-state index in [-0.39, 0.29) is 6.04 Å². The van der Waals surface area contributed by atoms with Gasteiger partial charge in [-0.05, 0) is 31.5 Å². The van der Waals surface area contributed by atoms with E-state index in [1.807, 2.05) is 54.9 Å². The van der Waals surface area contributed by atoms with Crippen LogP contribution in [0.15, 0.2) is 67.0 Å². The van der Waals surface area contributed by atoms with Crippen LogP contribution in [0.2, 0.25) is 0 Å². The van der Waals surface area contributed by atoms with Gasteiger partial charge in [0.15, 0.2) is 0 Å². The molecule has 0 amide bonds. The number of rotatable bonds is 4. The number of aliphatic hydroxyl groups is 1. The fourth-order valence-corrected chi connectivity index (χ4v) is 1.89. The van der Waals surface area contributed by atoms with Gasteiger partial charge >= 0.3 is 0 Å². The summed E-state index contributed by atoms with van der Waals surface area (Å²) in [6, 6.07) is 14.4. The van der Waals surface area contributed by atoms with Crippen LogP contribution in [0.3, 0.4) is 0 Å². The Bertz CT molecular complexity index is 492. The number of nitrogens with zero attached hydrogens (tertiary/aromatic N) is 1. The summed E-state index contributed by atoms with van der Waals surface area (Å²) in [5.74, 6) is 0. The second-order valence-electron chi connectivity index (χ2n) is 5.00. The molecule has 1 aromatic heterocycles. The van der Waals surface area contributed by atoms with Crippen molar-refractivity contribution >= 4 is 0 Å². The van der Waals surface area contributed by atoms with E-state index in [1.165, 1.54) is 5.56 Å². The first-order valence-corrected chi connectivity index (χ1v) is 6.15. The minimum absolute atomic E-state index is 0.118. The molecule has 0 aliphatic carbocycles. The molecule has 2 aromatic rings. The van der Waals surface area contributed by atoms with Gasteiger partial charge in [0.1, 0.15) is 0 Å². The van der Waals surface area contributed by atoms with Crippen molar-refractivity contribution in [3.8, 4) is 0 Å². The molecule has 0 bridgehead atoms. The Balaban J connectivity index is 2.33. The largest absolute Gasteiger partial charge is 0.386 e. The van der Waals surface area contributed by atoms with Crippen molar-refractivity contribution in [2.75, 3.05) is 0 Å². The monoisotopic (exact) mass is 241 g/mol. The highest BCUT2D eigenvalue weighted by Crippen LogP contribution is 2.21. The van der Waals surface area contributed by atoms with Gasteiger partial charge in [-0.25, -0.2) is 0 Å². The van der Waals surface area contributed by atoms with Crippen molar-refractivity contribution in [3.05, 3.63) is 72.6 Å². The number of allylic oxidation sites excluding steroid dienone is 1. The molecule has 1 N–H and O–H groups in total. The highest BCUT2D eigenvalue weighted by Gasteiger charge is 2.12. The molecule has 0 spiro atoms. The lowest BCUT2D eigenvalue weighted by Gasteiger charge is -2.18. The third-order valence-corrected chi connectivity index (χ3v) is 2.78. The first kappa shape index (κ1) is 12.7. The lowest BCUT2D eigenvalue weighted by atomic mass is 10.0. The van der Waals surface area contributed by atoms with Gasteiger partial charge in [0.05, 0.1) is 11.6 Å². The smallest absolute Gasteiger partial charge is 0.0772 e. The van der Waals surface area contributed by atoms with Crippen LogP contribution in [0.1, 0.15) is 25.5 Å². The van der Waals surface area contributed by atoms with E-state index in [4.69, 9.17) is 0 Å². The molecule has 0 fully saturated rings. The van der Waals surface area contributed by atoms with E-state index >= 15 is 0 Å². The minimum Gasteiger partial charge on any atom is -0.386 e. The number of hydrogen-bond acceptors (Lipinski definition) is 1. The summed E-state index contributed by atoms with van der Waals surface area (Å²) in [5.41, 5.74) is 0.411. The summed E-state index contributed by atoms with van der Waals surface area (Å²) >= 11 is 0. The molecule has 0 radical (unpaired) electrons. The van der Waals surface area contributed by atoms with Crippen LogP contribution in [0.25, 0.3) is 0 Å². The Morgan fingerprint density at radius 2 is 1.67 bits per heavy atom. The minimum atomic E-state index is -0.791. The predicted molar refractivity (Wildman–Crippen MR) is 74.5 cm³/mol. The van der Waals surface area contributed by atoms with E-state index in [1.54, 1.807) is 13.8 Å². The average Bonchev–Trinajstić information content (AvgIpc) is 2.83. The van der Waals surface area contributed by atoms with Gasteiger partial charge in [0.25, 0.3) is 0 Å². The highest BCUT2D eigenvalue weighted by atomic mass is 16.3. The summed E-state index contributed by atoms with van der Waals surface area (Å²) in [6.45, 7) is 3.56. The van der Waals surface area contributed by atoms with E-state index < -0.39 is 5.60 Å². The molecule has 1 unspecified atom stereocenters. The number of hydrogen-bond donors (Lipinski definition) is 1. The van der Waals surface area contributed by atoms with Crippen LogP contribution in [-0.4, -0.2) is 15.3 Å². The van der Waals surface area contributed by atoms with Crippen LogP contribution in [0, 0.1) is 0 Å². The first-order valence-electron chi connectivity index (χ1n) is 6.15.